The number of ether oxygens (including phenoxy) is 1. The molecule has 0 aliphatic rings. The van der Waals surface area contributed by atoms with E-state index in [4.69, 9.17) is 4.74 Å². The fourth-order valence-corrected chi connectivity index (χ4v) is 1.33. The Morgan fingerprint density at radius 2 is 1.67 bits per heavy atom. The van der Waals surface area contributed by atoms with Crippen molar-refractivity contribution in [3.05, 3.63) is 24.5 Å². The van der Waals surface area contributed by atoms with Crippen molar-refractivity contribution in [2.45, 2.75) is 46.7 Å². The van der Waals surface area contributed by atoms with Crippen LogP contribution in [0.4, 0.5) is 4.79 Å². The van der Waals surface area contributed by atoms with E-state index >= 15 is 0 Å². The van der Waals surface area contributed by atoms with Crippen molar-refractivity contribution in [3.8, 4) is 0 Å². The predicted octanol–water partition coefficient (Wildman–Crippen LogP) is 3.33. The Labute approximate surface area is 92.4 Å². The molecule has 0 unspecified atom stereocenters. The second-order valence-electron chi connectivity index (χ2n) is 3.83. The normalized spacial score (nSPS) is 11.9. The molecule has 0 aliphatic heterocycles. The van der Waals surface area contributed by atoms with Gasteiger partial charge in [-0.05, 0) is 40.7 Å². The fraction of sp³-hybridized carbons (Fsp3) is 0.583. The van der Waals surface area contributed by atoms with Crippen molar-refractivity contribution in [3.63, 3.8) is 0 Å². The smallest absolute Gasteiger partial charge is 0.415 e. The Morgan fingerprint density at radius 3 is 2.07 bits per heavy atom. The number of nitrogens with zero attached hydrogens (tertiary/aromatic N) is 1. The van der Waals surface area contributed by atoms with Gasteiger partial charge < -0.3 is 9.64 Å². The minimum atomic E-state index is -0.305. The van der Waals surface area contributed by atoms with Crippen molar-refractivity contribution >= 4 is 6.09 Å². The molecule has 0 saturated heterocycles. The Hall–Kier alpha value is -1.25. The van der Waals surface area contributed by atoms with Crippen LogP contribution in [0.25, 0.3) is 0 Å². The number of hydrogen-bond acceptors (Lipinski definition) is 2. The van der Waals surface area contributed by atoms with Gasteiger partial charge in [-0.25, -0.2) is 4.79 Å². The predicted molar refractivity (Wildman–Crippen MR) is 62.5 cm³/mol. The zero-order chi connectivity index (χ0) is 11.8. The van der Waals surface area contributed by atoms with E-state index in [2.05, 4.69) is 0 Å². The molecule has 0 bridgehead atoms. The molecule has 0 radical (unpaired) electrons. The second-order valence-corrected chi connectivity index (χ2v) is 3.83. The van der Waals surface area contributed by atoms with Crippen LogP contribution in [0, 0.1) is 0 Å². The summed E-state index contributed by atoms with van der Waals surface area (Å²) in [5.74, 6) is 0. The maximum atomic E-state index is 11.6. The lowest BCUT2D eigenvalue weighted by atomic mass is 10.2. The van der Waals surface area contributed by atoms with Gasteiger partial charge in [-0.15, -0.1) is 0 Å². The number of carbonyl (C=O) groups is 1. The van der Waals surface area contributed by atoms with Crippen LogP contribution in [0.15, 0.2) is 24.5 Å². The quantitative estimate of drug-likeness (QED) is 0.527. The van der Waals surface area contributed by atoms with Crippen molar-refractivity contribution in [2.75, 3.05) is 0 Å². The number of hydrogen-bond donors (Lipinski definition) is 0. The number of rotatable bonds is 4. The SMILES string of the molecule is C/C=C/C=C/OC(=O)N(C(C)C)C(C)C. The summed E-state index contributed by atoms with van der Waals surface area (Å²) >= 11 is 0. The molecular formula is C12H21NO2. The third-order valence-electron chi connectivity index (χ3n) is 1.87. The molecule has 0 rings (SSSR count). The average Bonchev–Trinajstić information content (AvgIpc) is 2.11. The van der Waals surface area contributed by atoms with Crippen molar-refractivity contribution in [1.82, 2.24) is 4.90 Å². The molecule has 0 aromatic carbocycles. The lowest BCUT2D eigenvalue weighted by molar-refractivity contribution is 0.109. The van der Waals surface area contributed by atoms with Crippen molar-refractivity contribution in [2.24, 2.45) is 0 Å². The summed E-state index contributed by atoms with van der Waals surface area (Å²) in [5, 5.41) is 0. The molecule has 3 nitrogen and oxygen atoms in total. The topological polar surface area (TPSA) is 29.5 Å². The fourth-order valence-electron chi connectivity index (χ4n) is 1.33. The zero-order valence-corrected chi connectivity index (χ0v) is 10.2. The largest absolute Gasteiger partial charge is 0.418 e. The molecule has 3 heteroatoms. The maximum Gasteiger partial charge on any atom is 0.415 e. The van der Waals surface area contributed by atoms with E-state index in [9.17, 15) is 4.79 Å². The van der Waals surface area contributed by atoms with Gasteiger partial charge in [0.15, 0.2) is 0 Å². The van der Waals surface area contributed by atoms with Crippen molar-refractivity contribution in [1.29, 1.82) is 0 Å². The van der Waals surface area contributed by atoms with E-state index in [-0.39, 0.29) is 18.2 Å². The Kier molecular flexibility index (Phi) is 6.50. The van der Waals surface area contributed by atoms with E-state index in [1.165, 1.54) is 6.26 Å². The first-order valence-electron chi connectivity index (χ1n) is 5.27. The van der Waals surface area contributed by atoms with Gasteiger partial charge in [0.2, 0.25) is 0 Å². The van der Waals surface area contributed by atoms with Gasteiger partial charge in [0.25, 0.3) is 0 Å². The molecule has 1 amide bonds. The van der Waals surface area contributed by atoms with E-state index in [1.54, 1.807) is 11.0 Å². The van der Waals surface area contributed by atoms with Gasteiger partial charge in [0, 0.05) is 12.1 Å². The van der Waals surface area contributed by atoms with Crippen LogP contribution in [-0.4, -0.2) is 23.1 Å². The van der Waals surface area contributed by atoms with Gasteiger partial charge in [-0.3, -0.25) is 0 Å². The van der Waals surface area contributed by atoms with E-state index in [1.807, 2.05) is 46.8 Å². The summed E-state index contributed by atoms with van der Waals surface area (Å²) in [6.07, 6.45) is 6.47. The molecule has 0 saturated carbocycles. The second kappa shape index (κ2) is 7.10. The Balaban J connectivity index is 4.27. The molecule has 0 N–H and O–H groups in total. The summed E-state index contributed by atoms with van der Waals surface area (Å²) in [4.78, 5) is 13.3. The van der Waals surface area contributed by atoms with Crippen LogP contribution in [0.2, 0.25) is 0 Å². The minimum Gasteiger partial charge on any atom is -0.418 e. The van der Waals surface area contributed by atoms with Crippen LogP contribution >= 0.6 is 0 Å². The molecule has 0 aliphatic carbocycles. The van der Waals surface area contributed by atoms with E-state index in [0.29, 0.717) is 0 Å². The molecule has 0 aromatic heterocycles. The summed E-state index contributed by atoms with van der Waals surface area (Å²) in [5.41, 5.74) is 0. The van der Waals surface area contributed by atoms with Crippen LogP contribution in [0.5, 0.6) is 0 Å². The Bertz CT molecular complexity index is 234. The van der Waals surface area contributed by atoms with Crippen LogP contribution in [-0.2, 0) is 4.74 Å². The molecule has 0 fully saturated rings. The number of allylic oxidation sites excluding steroid dienone is 3. The first-order chi connectivity index (χ1) is 7.00. The molecular weight excluding hydrogens is 190 g/mol. The van der Waals surface area contributed by atoms with Crippen LogP contribution in [0.3, 0.4) is 0 Å². The number of carbonyl (C=O) groups excluding carboxylic acids is 1. The molecule has 15 heavy (non-hydrogen) atoms. The molecule has 0 aromatic rings. The summed E-state index contributed by atoms with van der Waals surface area (Å²) < 4.78 is 4.98. The van der Waals surface area contributed by atoms with Gasteiger partial charge in [-0.2, -0.15) is 0 Å². The molecule has 86 valence electrons. The molecule has 0 heterocycles. The van der Waals surface area contributed by atoms with Crippen molar-refractivity contribution < 1.29 is 9.53 Å². The highest BCUT2D eigenvalue weighted by molar-refractivity contribution is 5.69. The summed E-state index contributed by atoms with van der Waals surface area (Å²) in [7, 11) is 0. The average molecular weight is 211 g/mol. The molecule has 0 atom stereocenters. The lowest BCUT2D eigenvalue weighted by Crippen LogP contribution is -2.41. The van der Waals surface area contributed by atoms with E-state index < -0.39 is 0 Å². The van der Waals surface area contributed by atoms with Gasteiger partial charge in [0.1, 0.15) is 0 Å². The maximum absolute atomic E-state index is 11.6. The lowest BCUT2D eigenvalue weighted by Gasteiger charge is -2.28. The monoisotopic (exact) mass is 211 g/mol. The first-order valence-corrected chi connectivity index (χ1v) is 5.27. The zero-order valence-electron chi connectivity index (χ0n) is 10.2. The highest BCUT2D eigenvalue weighted by Gasteiger charge is 2.20. The van der Waals surface area contributed by atoms with Gasteiger partial charge >= 0.3 is 6.09 Å². The highest BCUT2D eigenvalue weighted by atomic mass is 16.5. The first kappa shape index (κ1) is 13.8. The highest BCUT2D eigenvalue weighted by Crippen LogP contribution is 2.07. The van der Waals surface area contributed by atoms with Gasteiger partial charge in [-0.1, -0.05) is 12.2 Å². The van der Waals surface area contributed by atoms with Crippen LogP contribution < -0.4 is 0 Å². The third-order valence-corrected chi connectivity index (χ3v) is 1.87. The summed E-state index contributed by atoms with van der Waals surface area (Å²) in [6.45, 7) is 9.78. The van der Waals surface area contributed by atoms with E-state index in [0.717, 1.165) is 0 Å². The third kappa shape index (κ3) is 5.25. The van der Waals surface area contributed by atoms with Crippen LogP contribution in [0.1, 0.15) is 34.6 Å². The molecule has 0 spiro atoms. The number of amides is 1. The standard InChI is InChI=1S/C12H21NO2/c1-6-7-8-9-15-12(14)13(10(2)3)11(4)5/h6-11H,1-5H3/b7-6+,9-8+. The summed E-state index contributed by atoms with van der Waals surface area (Å²) in [6, 6.07) is 0.292. The van der Waals surface area contributed by atoms with Gasteiger partial charge in [0.05, 0.1) is 6.26 Å². The Morgan fingerprint density at radius 1 is 1.13 bits per heavy atom. The minimum absolute atomic E-state index is 0.146.